The van der Waals surface area contributed by atoms with Gasteiger partial charge in [0.05, 0.1) is 16.9 Å². The highest BCUT2D eigenvalue weighted by Gasteiger charge is 2.11. The van der Waals surface area contributed by atoms with Gasteiger partial charge in [-0.25, -0.2) is 4.98 Å². The van der Waals surface area contributed by atoms with E-state index in [0.717, 1.165) is 16.6 Å². The maximum Gasteiger partial charge on any atom is 0.237 e. The molecule has 0 aliphatic rings. The molecule has 2 aromatic rings. The van der Waals surface area contributed by atoms with Crippen LogP contribution in [0, 0.1) is 6.92 Å². The lowest BCUT2D eigenvalue weighted by molar-refractivity contribution is -0.118. The minimum absolute atomic E-state index is 0.113. The van der Waals surface area contributed by atoms with Crippen molar-refractivity contribution in [2.75, 3.05) is 0 Å². The van der Waals surface area contributed by atoms with Gasteiger partial charge in [0.25, 0.3) is 0 Å². The molecule has 0 unspecified atom stereocenters. The fraction of sp³-hybridized carbons (Fsp3) is 0.273. The number of rotatable bonds is 3. The van der Waals surface area contributed by atoms with Crippen LogP contribution in [0.5, 0.6) is 0 Å². The molecule has 0 saturated heterocycles. The topological polar surface area (TPSA) is 60.9 Å². The second-order valence-corrected chi connectivity index (χ2v) is 3.97. The minimum atomic E-state index is -0.397. The summed E-state index contributed by atoms with van der Waals surface area (Å²) in [6.45, 7) is 2.11. The third-order valence-electron chi connectivity index (χ3n) is 2.42. The Kier molecular flexibility index (Phi) is 2.83. The van der Waals surface area contributed by atoms with Gasteiger partial charge in [-0.1, -0.05) is 6.07 Å². The first-order valence-corrected chi connectivity index (χ1v) is 5.45. The molecule has 1 aromatic carbocycles. The van der Waals surface area contributed by atoms with Crippen LogP contribution in [0.1, 0.15) is 11.4 Å². The maximum absolute atomic E-state index is 11.0. The van der Waals surface area contributed by atoms with Crippen LogP contribution in [-0.4, -0.2) is 15.5 Å². The first-order valence-electron chi connectivity index (χ1n) is 4.92. The highest BCUT2D eigenvalue weighted by Crippen LogP contribution is 2.18. The lowest BCUT2D eigenvalue weighted by atomic mass is 10.2. The van der Waals surface area contributed by atoms with E-state index in [-0.39, 0.29) is 12.4 Å². The lowest BCUT2D eigenvalue weighted by Gasteiger charge is -2.04. The SMILES string of the molecule is Cc1ccc2c(c1)nc(CCl)n2CC(N)=O. The number of benzene rings is 1. The zero-order valence-corrected chi connectivity index (χ0v) is 9.66. The molecule has 0 aliphatic heterocycles. The van der Waals surface area contributed by atoms with Gasteiger partial charge in [-0.2, -0.15) is 0 Å². The molecule has 1 amide bonds. The molecule has 16 heavy (non-hydrogen) atoms. The molecule has 1 heterocycles. The molecule has 4 nitrogen and oxygen atoms in total. The third kappa shape index (κ3) is 1.88. The predicted octanol–water partition coefficient (Wildman–Crippen LogP) is 1.57. The number of nitrogens with two attached hydrogens (primary N) is 1. The van der Waals surface area contributed by atoms with Crippen molar-refractivity contribution in [2.24, 2.45) is 5.73 Å². The van der Waals surface area contributed by atoms with E-state index >= 15 is 0 Å². The van der Waals surface area contributed by atoms with E-state index in [1.807, 2.05) is 25.1 Å². The summed E-state index contributed by atoms with van der Waals surface area (Å²) >= 11 is 5.79. The molecule has 0 atom stereocenters. The number of carbonyl (C=O) groups is 1. The van der Waals surface area contributed by atoms with Crippen molar-refractivity contribution in [1.82, 2.24) is 9.55 Å². The van der Waals surface area contributed by atoms with Gasteiger partial charge in [0, 0.05) is 0 Å². The van der Waals surface area contributed by atoms with Crippen LogP contribution in [0.3, 0.4) is 0 Å². The van der Waals surface area contributed by atoms with Gasteiger partial charge >= 0.3 is 0 Å². The molecule has 0 fully saturated rings. The van der Waals surface area contributed by atoms with Gasteiger partial charge in [0.2, 0.25) is 5.91 Å². The van der Waals surface area contributed by atoms with E-state index in [9.17, 15) is 4.79 Å². The summed E-state index contributed by atoms with van der Waals surface area (Å²) in [4.78, 5) is 15.3. The highest BCUT2D eigenvalue weighted by atomic mass is 35.5. The Morgan fingerprint density at radius 1 is 1.56 bits per heavy atom. The van der Waals surface area contributed by atoms with Crippen LogP contribution >= 0.6 is 11.6 Å². The summed E-state index contributed by atoms with van der Waals surface area (Å²) in [5.74, 6) is 0.536. The Labute approximate surface area is 98.0 Å². The quantitative estimate of drug-likeness (QED) is 0.824. The summed E-state index contributed by atoms with van der Waals surface area (Å²) < 4.78 is 1.75. The van der Waals surface area contributed by atoms with Gasteiger partial charge < -0.3 is 10.3 Å². The number of nitrogens with zero attached hydrogens (tertiary/aromatic N) is 2. The first kappa shape index (κ1) is 11.0. The minimum Gasteiger partial charge on any atom is -0.368 e. The monoisotopic (exact) mass is 237 g/mol. The normalized spacial score (nSPS) is 10.9. The fourth-order valence-corrected chi connectivity index (χ4v) is 1.93. The standard InChI is InChI=1S/C11H12ClN3O/c1-7-2-3-9-8(4-7)14-11(5-12)15(9)6-10(13)16/h2-4H,5-6H2,1H3,(H2,13,16). The van der Waals surface area contributed by atoms with Gasteiger partial charge in [-0.05, 0) is 24.6 Å². The number of halogens is 1. The van der Waals surface area contributed by atoms with Crippen molar-refractivity contribution in [1.29, 1.82) is 0 Å². The molecule has 2 N–H and O–H groups in total. The molecule has 0 spiro atoms. The Balaban J connectivity index is 2.63. The Morgan fingerprint density at radius 3 is 2.94 bits per heavy atom. The number of hydrogen-bond acceptors (Lipinski definition) is 2. The van der Waals surface area contributed by atoms with E-state index in [0.29, 0.717) is 5.82 Å². The number of amides is 1. The highest BCUT2D eigenvalue weighted by molar-refractivity contribution is 6.16. The van der Waals surface area contributed by atoms with E-state index in [2.05, 4.69) is 4.98 Å². The Hall–Kier alpha value is -1.55. The number of aromatic nitrogens is 2. The smallest absolute Gasteiger partial charge is 0.237 e. The number of hydrogen-bond donors (Lipinski definition) is 1. The van der Waals surface area contributed by atoms with Crippen molar-refractivity contribution >= 4 is 28.5 Å². The van der Waals surface area contributed by atoms with Crippen LogP contribution in [0.2, 0.25) is 0 Å². The van der Waals surface area contributed by atoms with E-state index in [1.54, 1.807) is 4.57 Å². The number of primary amides is 1. The number of alkyl halides is 1. The molecule has 5 heteroatoms. The number of fused-ring (bicyclic) bond motifs is 1. The van der Waals surface area contributed by atoms with Gasteiger partial charge in [-0.3, -0.25) is 4.79 Å². The molecule has 84 valence electrons. The van der Waals surface area contributed by atoms with Crippen LogP contribution in [0.25, 0.3) is 11.0 Å². The average Bonchev–Trinajstić information content (AvgIpc) is 2.55. The van der Waals surface area contributed by atoms with Crippen LogP contribution in [-0.2, 0) is 17.2 Å². The lowest BCUT2D eigenvalue weighted by Crippen LogP contribution is -2.19. The van der Waals surface area contributed by atoms with Crippen molar-refractivity contribution in [2.45, 2.75) is 19.3 Å². The first-order chi connectivity index (χ1) is 7.61. The predicted molar refractivity (Wildman–Crippen MR) is 63.2 cm³/mol. The number of aryl methyl sites for hydroxylation is 1. The third-order valence-corrected chi connectivity index (χ3v) is 2.66. The molecule has 0 saturated carbocycles. The maximum atomic E-state index is 11.0. The Bertz CT molecular complexity index is 547. The van der Waals surface area contributed by atoms with Crippen LogP contribution in [0.15, 0.2) is 18.2 Å². The van der Waals surface area contributed by atoms with Crippen molar-refractivity contribution in [3.05, 3.63) is 29.6 Å². The summed E-state index contributed by atoms with van der Waals surface area (Å²) in [5, 5.41) is 0. The summed E-state index contributed by atoms with van der Waals surface area (Å²) in [6, 6.07) is 5.86. The largest absolute Gasteiger partial charge is 0.368 e. The van der Waals surface area contributed by atoms with Crippen molar-refractivity contribution in [3.63, 3.8) is 0 Å². The zero-order valence-electron chi connectivity index (χ0n) is 8.90. The zero-order chi connectivity index (χ0) is 11.7. The summed E-state index contributed by atoms with van der Waals surface area (Å²) in [7, 11) is 0. The van der Waals surface area contributed by atoms with Crippen LogP contribution in [0.4, 0.5) is 0 Å². The molecule has 2 rings (SSSR count). The molecule has 0 radical (unpaired) electrons. The summed E-state index contributed by atoms with van der Waals surface area (Å²) in [6.07, 6.45) is 0. The van der Waals surface area contributed by atoms with E-state index in [1.165, 1.54) is 0 Å². The van der Waals surface area contributed by atoms with Crippen LogP contribution < -0.4 is 5.73 Å². The molecular weight excluding hydrogens is 226 g/mol. The second kappa shape index (κ2) is 4.14. The molecule has 0 aliphatic carbocycles. The van der Waals surface area contributed by atoms with E-state index < -0.39 is 5.91 Å². The molecule has 0 bridgehead atoms. The van der Waals surface area contributed by atoms with E-state index in [4.69, 9.17) is 17.3 Å². The van der Waals surface area contributed by atoms with Gasteiger partial charge in [-0.15, -0.1) is 11.6 Å². The number of imidazole rings is 1. The Morgan fingerprint density at radius 2 is 2.31 bits per heavy atom. The number of carbonyl (C=O) groups excluding carboxylic acids is 1. The second-order valence-electron chi connectivity index (χ2n) is 3.71. The van der Waals surface area contributed by atoms with Crippen molar-refractivity contribution < 1.29 is 4.79 Å². The van der Waals surface area contributed by atoms with Gasteiger partial charge in [0.1, 0.15) is 12.4 Å². The molecular formula is C11H12ClN3O. The fourth-order valence-electron chi connectivity index (χ4n) is 1.72. The molecule has 1 aromatic heterocycles. The summed E-state index contributed by atoms with van der Waals surface area (Å²) in [5.41, 5.74) is 8.05. The van der Waals surface area contributed by atoms with Gasteiger partial charge in [0.15, 0.2) is 0 Å². The average molecular weight is 238 g/mol. The van der Waals surface area contributed by atoms with Crippen molar-refractivity contribution in [3.8, 4) is 0 Å².